The molecule has 3 aromatic rings. The number of anilines is 1. The van der Waals surface area contributed by atoms with Crippen molar-refractivity contribution < 1.29 is 4.79 Å². The molecule has 6 nitrogen and oxygen atoms in total. The van der Waals surface area contributed by atoms with E-state index >= 15 is 0 Å². The molecule has 0 aliphatic carbocycles. The molecule has 0 fully saturated rings. The van der Waals surface area contributed by atoms with Gasteiger partial charge in [0.1, 0.15) is 0 Å². The summed E-state index contributed by atoms with van der Waals surface area (Å²) >= 11 is 3.33. The van der Waals surface area contributed by atoms with E-state index in [9.17, 15) is 4.79 Å². The number of hydrogen-bond donors (Lipinski definition) is 1. The van der Waals surface area contributed by atoms with Crippen molar-refractivity contribution in [3.8, 4) is 0 Å². The molecule has 0 aliphatic heterocycles. The van der Waals surface area contributed by atoms with Crippen LogP contribution >= 0.6 is 15.9 Å². The number of benzene rings is 1. The molecule has 0 aliphatic rings. The van der Waals surface area contributed by atoms with Gasteiger partial charge < -0.3 is 5.32 Å². The van der Waals surface area contributed by atoms with Crippen molar-refractivity contribution in [2.24, 2.45) is 0 Å². The van der Waals surface area contributed by atoms with Crippen molar-refractivity contribution in [1.82, 2.24) is 19.6 Å². The third kappa shape index (κ3) is 4.32. The fourth-order valence-corrected chi connectivity index (χ4v) is 2.70. The summed E-state index contributed by atoms with van der Waals surface area (Å²) in [5, 5.41) is 11.4. The molecule has 0 bridgehead atoms. The van der Waals surface area contributed by atoms with Gasteiger partial charge in [0.15, 0.2) is 5.82 Å². The van der Waals surface area contributed by atoms with E-state index in [2.05, 4.69) is 43.6 Å². The van der Waals surface area contributed by atoms with Crippen LogP contribution in [0.5, 0.6) is 0 Å². The number of aromatic nitrogens is 4. The maximum Gasteiger partial charge on any atom is 0.227 e. The third-order valence-electron chi connectivity index (χ3n) is 3.59. The van der Waals surface area contributed by atoms with E-state index in [-0.39, 0.29) is 5.91 Å². The maximum atomic E-state index is 12.1. The zero-order chi connectivity index (χ0) is 16.9. The number of carbonyl (C=O) groups excluding carboxylic acids is 1. The molecule has 3 rings (SSSR count). The lowest BCUT2D eigenvalue weighted by Crippen LogP contribution is -2.15. The summed E-state index contributed by atoms with van der Waals surface area (Å²) in [5.74, 6) is 0.501. The zero-order valence-corrected chi connectivity index (χ0v) is 14.9. The molecule has 0 saturated heterocycles. The Morgan fingerprint density at radius 3 is 2.79 bits per heavy atom. The van der Waals surface area contributed by atoms with Crippen LogP contribution in [0.15, 0.2) is 53.3 Å². The Kier molecular flexibility index (Phi) is 5.10. The fourth-order valence-electron chi connectivity index (χ4n) is 2.37. The molecule has 1 aromatic carbocycles. The van der Waals surface area contributed by atoms with E-state index in [0.29, 0.717) is 25.3 Å². The van der Waals surface area contributed by atoms with Crippen LogP contribution < -0.4 is 5.32 Å². The number of halogens is 1. The van der Waals surface area contributed by atoms with Gasteiger partial charge in [-0.1, -0.05) is 30.3 Å². The van der Waals surface area contributed by atoms with Crippen molar-refractivity contribution in [1.29, 1.82) is 0 Å². The van der Waals surface area contributed by atoms with E-state index < -0.39 is 0 Å². The molecule has 0 saturated carbocycles. The number of rotatable bonds is 6. The summed E-state index contributed by atoms with van der Waals surface area (Å²) in [6, 6.07) is 12.0. The summed E-state index contributed by atoms with van der Waals surface area (Å²) in [6.07, 6.45) is 3.89. The predicted molar refractivity (Wildman–Crippen MR) is 95.7 cm³/mol. The lowest BCUT2D eigenvalue weighted by molar-refractivity contribution is -0.116. The number of nitrogens with one attached hydrogen (secondary N) is 1. The highest BCUT2D eigenvalue weighted by Gasteiger charge is 2.09. The molecular weight excluding hydrogens is 370 g/mol. The summed E-state index contributed by atoms with van der Waals surface area (Å²) in [4.78, 5) is 12.1. The average Bonchev–Trinajstić information content (AvgIpc) is 3.12. The highest BCUT2D eigenvalue weighted by molar-refractivity contribution is 9.10. The van der Waals surface area contributed by atoms with Crippen molar-refractivity contribution in [3.05, 3.63) is 64.5 Å². The van der Waals surface area contributed by atoms with Crippen LogP contribution in [0.3, 0.4) is 0 Å². The van der Waals surface area contributed by atoms with Gasteiger partial charge in [0, 0.05) is 30.9 Å². The first kappa shape index (κ1) is 16.4. The Balaban J connectivity index is 1.57. The number of aryl methyl sites for hydroxylation is 2. The smallest absolute Gasteiger partial charge is 0.227 e. The second-order valence-corrected chi connectivity index (χ2v) is 6.45. The van der Waals surface area contributed by atoms with E-state index in [4.69, 9.17) is 0 Å². The molecule has 1 N–H and O–H groups in total. The number of amides is 1. The standard InChI is InChI=1S/C17H18BrN5O/c1-13-9-16(21-23(13)11-14-5-3-2-4-6-14)20-17(24)7-8-22-12-15(18)10-19-22/h2-6,9-10,12H,7-8,11H2,1H3,(H,20,21,24). The van der Waals surface area contributed by atoms with Crippen LogP contribution in [0.4, 0.5) is 5.82 Å². The monoisotopic (exact) mass is 387 g/mol. The summed E-state index contributed by atoms with van der Waals surface area (Å²) < 4.78 is 4.51. The minimum atomic E-state index is -0.0778. The van der Waals surface area contributed by atoms with Gasteiger partial charge in [-0.15, -0.1) is 0 Å². The van der Waals surface area contributed by atoms with Gasteiger partial charge in [0.2, 0.25) is 5.91 Å². The largest absolute Gasteiger partial charge is 0.309 e. The number of carbonyl (C=O) groups is 1. The van der Waals surface area contributed by atoms with Crippen molar-refractivity contribution in [3.63, 3.8) is 0 Å². The summed E-state index contributed by atoms with van der Waals surface area (Å²) in [7, 11) is 0. The predicted octanol–water partition coefficient (Wildman–Crippen LogP) is 3.23. The van der Waals surface area contributed by atoms with Gasteiger partial charge >= 0.3 is 0 Å². The molecule has 0 atom stereocenters. The summed E-state index contributed by atoms with van der Waals surface area (Å²) in [5.41, 5.74) is 2.18. The maximum absolute atomic E-state index is 12.1. The van der Waals surface area contributed by atoms with Gasteiger partial charge in [-0.3, -0.25) is 14.2 Å². The molecule has 7 heteroatoms. The molecule has 0 unspecified atom stereocenters. The van der Waals surface area contributed by atoms with E-state index in [0.717, 1.165) is 10.2 Å². The van der Waals surface area contributed by atoms with Crippen molar-refractivity contribution >= 4 is 27.7 Å². The molecule has 1 amide bonds. The molecule has 24 heavy (non-hydrogen) atoms. The van der Waals surface area contributed by atoms with Crippen LogP contribution in [-0.2, 0) is 17.9 Å². The lowest BCUT2D eigenvalue weighted by atomic mass is 10.2. The van der Waals surface area contributed by atoms with Gasteiger partial charge in [0.05, 0.1) is 17.2 Å². The molecule has 2 heterocycles. The number of nitrogens with zero attached hydrogens (tertiary/aromatic N) is 4. The summed E-state index contributed by atoms with van der Waals surface area (Å²) in [6.45, 7) is 3.19. The third-order valence-corrected chi connectivity index (χ3v) is 4.00. The van der Waals surface area contributed by atoms with Crippen molar-refractivity contribution in [2.45, 2.75) is 26.4 Å². The first-order valence-electron chi connectivity index (χ1n) is 7.66. The fraction of sp³-hybridized carbons (Fsp3) is 0.235. The van der Waals surface area contributed by atoms with Crippen LogP contribution in [0.1, 0.15) is 17.7 Å². The first-order valence-corrected chi connectivity index (χ1v) is 8.45. The van der Waals surface area contributed by atoms with Gasteiger partial charge in [-0.2, -0.15) is 10.2 Å². The second kappa shape index (κ2) is 7.44. The molecule has 0 radical (unpaired) electrons. The second-order valence-electron chi connectivity index (χ2n) is 5.53. The Hall–Kier alpha value is -2.41. The normalized spacial score (nSPS) is 10.8. The van der Waals surface area contributed by atoms with Crippen LogP contribution in [0.2, 0.25) is 0 Å². The quantitative estimate of drug-likeness (QED) is 0.705. The highest BCUT2D eigenvalue weighted by atomic mass is 79.9. The van der Waals surface area contributed by atoms with Gasteiger partial charge in [-0.25, -0.2) is 0 Å². The Bertz CT molecular complexity index is 825. The topological polar surface area (TPSA) is 64.7 Å². The molecular formula is C17H18BrN5O. The van der Waals surface area contributed by atoms with Crippen LogP contribution in [-0.4, -0.2) is 25.5 Å². The van der Waals surface area contributed by atoms with E-state index in [1.807, 2.05) is 42.1 Å². The van der Waals surface area contributed by atoms with Crippen molar-refractivity contribution in [2.75, 3.05) is 5.32 Å². The zero-order valence-electron chi connectivity index (χ0n) is 13.3. The average molecular weight is 388 g/mol. The van der Waals surface area contributed by atoms with Crippen LogP contribution in [0, 0.1) is 6.92 Å². The van der Waals surface area contributed by atoms with E-state index in [1.165, 1.54) is 5.56 Å². The van der Waals surface area contributed by atoms with Gasteiger partial charge in [0.25, 0.3) is 0 Å². The Morgan fingerprint density at radius 2 is 2.08 bits per heavy atom. The number of hydrogen-bond acceptors (Lipinski definition) is 3. The Labute approximate surface area is 148 Å². The minimum absolute atomic E-state index is 0.0778. The lowest BCUT2D eigenvalue weighted by Gasteiger charge is -2.04. The Morgan fingerprint density at radius 1 is 1.29 bits per heavy atom. The van der Waals surface area contributed by atoms with Crippen LogP contribution in [0.25, 0.3) is 0 Å². The first-order chi connectivity index (χ1) is 11.6. The minimum Gasteiger partial charge on any atom is -0.309 e. The van der Waals surface area contributed by atoms with Gasteiger partial charge in [-0.05, 0) is 28.4 Å². The van der Waals surface area contributed by atoms with E-state index in [1.54, 1.807) is 10.9 Å². The molecule has 124 valence electrons. The highest BCUT2D eigenvalue weighted by Crippen LogP contribution is 2.12. The SMILES string of the molecule is Cc1cc(NC(=O)CCn2cc(Br)cn2)nn1Cc1ccccc1. The molecule has 2 aromatic heterocycles. The molecule has 0 spiro atoms.